The van der Waals surface area contributed by atoms with E-state index in [1.54, 1.807) is 19.1 Å². The zero-order valence-electron chi connectivity index (χ0n) is 19.9. The molecule has 3 atom stereocenters. The van der Waals surface area contributed by atoms with Gasteiger partial charge in [-0.1, -0.05) is 0 Å². The summed E-state index contributed by atoms with van der Waals surface area (Å²) in [7, 11) is -2.52. The summed E-state index contributed by atoms with van der Waals surface area (Å²) in [5.74, 6) is 2.10. The van der Waals surface area contributed by atoms with E-state index in [0.717, 1.165) is 24.6 Å². The maximum atomic E-state index is 14.0. The van der Waals surface area contributed by atoms with Crippen LogP contribution in [-0.4, -0.2) is 50.5 Å². The van der Waals surface area contributed by atoms with Crippen LogP contribution in [0.1, 0.15) is 19.4 Å². The Morgan fingerprint density at radius 3 is 2.50 bits per heavy atom. The highest BCUT2D eigenvalue weighted by Crippen LogP contribution is 2.33. The molecule has 1 aromatic heterocycles. The number of anilines is 3. The van der Waals surface area contributed by atoms with Crippen LogP contribution in [0.25, 0.3) is 10.9 Å². The Morgan fingerprint density at radius 2 is 1.86 bits per heavy atom. The zero-order chi connectivity index (χ0) is 26.8. The standard InChI is InChI=1S/C23H25F4N5O3S/c1-12-8-16(32-36(4,5)34)10-18-20(12)21(29-11-28-18)31-17-7-6-15(24)9-19(17)35-13(2)22(33)30-14(3)23(25,26)27/h6-11,13-14H,4H2,1-3,5H3,(H,30,33)(H,32,34)(H,28,29,31)/t13-,14+,36?/m1/s1. The largest absolute Gasteiger partial charge is 0.479 e. The quantitative estimate of drug-likeness (QED) is 0.298. The van der Waals surface area contributed by atoms with Gasteiger partial charge in [0.25, 0.3) is 5.91 Å². The Balaban J connectivity index is 1.91. The number of carbonyl (C=O) groups excluding carboxylic acids is 1. The summed E-state index contributed by atoms with van der Waals surface area (Å²) in [5.41, 5.74) is 2.00. The maximum Gasteiger partial charge on any atom is 0.408 e. The van der Waals surface area contributed by atoms with E-state index < -0.39 is 39.8 Å². The molecule has 3 aromatic rings. The number of aryl methyl sites for hydroxylation is 1. The molecule has 13 heteroatoms. The highest BCUT2D eigenvalue weighted by atomic mass is 32.2. The molecule has 1 heterocycles. The third-order valence-corrected chi connectivity index (χ3v) is 5.66. The Bertz CT molecular complexity index is 1400. The van der Waals surface area contributed by atoms with Crippen LogP contribution in [0.3, 0.4) is 0 Å². The SMILES string of the molecule is C=S(C)(=O)Nc1cc(C)c2c(Nc3ccc(F)cc3O[C@H](C)C(=O)N[C@@H](C)C(F)(F)F)ncnc2c1. The minimum absolute atomic E-state index is 0.109. The summed E-state index contributed by atoms with van der Waals surface area (Å²) in [6, 6.07) is 4.82. The molecule has 1 unspecified atom stereocenters. The van der Waals surface area contributed by atoms with Gasteiger partial charge in [0.1, 0.15) is 29.8 Å². The van der Waals surface area contributed by atoms with Gasteiger partial charge >= 0.3 is 6.18 Å². The van der Waals surface area contributed by atoms with Crippen molar-refractivity contribution in [2.75, 3.05) is 16.3 Å². The van der Waals surface area contributed by atoms with E-state index >= 15 is 0 Å². The van der Waals surface area contributed by atoms with Gasteiger partial charge < -0.3 is 20.1 Å². The topological polar surface area (TPSA) is 105 Å². The van der Waals surface area contributed by atoms with Crippen molar-refractivity contribution in [1.29, 1.82) is 0 Å². The number of aromatic nitrogens is 2. The number of hydrogen-bond acceptors (Lipinski definition) is 6. The van der Waals surface area contributed by atoms with Gasteiger partial charge in [0.05, 0.1) is 11.2 Å². The molecule has 1 amide bonds. The summed E-state index contributed by atoms with van der Waals surface area (Å²) in [6.07, 6.45) is -3.23. The Labute approximate surface area is 205 Å². The summed E-state index contributed by atoms with van der Waals surface area (Å²) < 4.78 is 72.7. The van der Waals surface area contributed by atoms with Crippen molar-refractivity contribution in [2.45, 2.75) is 39.1 Å². The second-order valence-electron chi connectivity index (χ2n) is 8.31. The van der Waals surface area contributed by atoms with Gasteiger partial charge in [0, 0.05) is 33.1 Å². The fraction of sp³-hybridized carbons (Fsp3) is 0.304. The smallest absolute Gasteiger partial charge is 0.408 e. The van der Waals surface area contributed by atoms with Gasteiger partial charge in [-0.15, -0.1) is 0 Å². The van der Waals surface area contributed by atoms with Crippen LogP contribution in [0.4, 0.5) is 34.8 Å². The third-order valence-electron chi connectivity index (χ3n) is 4.99. The van der Waals surface area contributed by atoms with Gasteiger partial charge in [-0.25, -0.2) is 18.6 Å². The van der Waals surface area contributed by atoms with E-state index in [-0.39, 0.29) is 11.4 Å². The van der Waals surface area contributed by atoms with E-state index in [0.29, 0.717) is 22.4 Å². The predicted octanol–water partition coefficient (Wildman–Crippen LogP) is 4.33. The lowest BCUT2D eigenvalue weighted by Gasteiger charge is -2.22. The Kier molecular flexibility index (Phi) is 7.62. The van der Waals surface area contributed by atoms with Crippen molar-refractivity contribution in [1.82, 2.24) is 15.3 Å². The predicted molar refractivity (Wildman–Crippen MR) is 133 cm³/mol. The minimum atomic E-state index is -4.62. The van der Waals surface area contributed by atoms with E-state index in [9.17, 15) is 26.6 Å². The molecule has 0 aliphatic carbocycles. The number of ether oxygens (including phenoxy) is 1. The van der Waals surface area contributed by atoms with Crippen LogP contribution in [-0.2, 0) is 14.5 Å². The molecule has 0 aliphatic heterocycles. The lowest BCUT2D eigenvalue weighted by Crippen LogP contribution is -2.47. The van der Waals surface area contributed by atoms with Crippen molar-refractivity contribution < 1.29 is 31.3 Å². The normalized spacial score (nSPS) is 15.0. The second-order valence-corrected chi connectivity index (χ2v) is 10.5. The molecule has 0 spiro atoms. The summed E-state index contributed by atoms with van der Waals surface area (Å²) in [6.45, 7) is 3.85. The number of alkyl halides is 3. The van der Waals surface area contributed by atoms with Crippen molar-refractivity contribution in [2.24, 2.45) is 0 Å². The average Bonchev–Trinajstić information content (AvgIpc) is 2.73. The molecule has 3 rings (SSSR count). The lowest BCUT2D eigenvalue weighted by molar-refractivity contribution is -0.160. The van der Waals surface area contributed by atoms with Crippen LogP contribution in [0, 0.1) is 12.7 Å². The van der Waals surface area contributed by atoms with Crippen molar-refractivity contribution in [3.63, 3.8) is 0 Å². The molecular formula is C23H25F4N5O3S. The molecule has 0 bridgehead atoms. The fourth-order valence-electron chi connectivity index (χ4n) is 3.28. The number of amides is 1. The van der Waals surface area contributed by atoms with Gasteiger partial charge in [0.2, 0.25) is 0 Å². The van der Waals surface area contributed by atoms with E-state index in [4.69, 9.17) is 4.74 Å². The number of nitrogens with one attached hydrogen (secondary N) is 3. The number of rotatable bonds is 8. The minimum Gasteiger partial charge on any atom is -0.479 e. The first-order valence-electron chi connectivity index (χ1n) is 10.6. The molecule has 3 N–H and O–H groups in total. The van der Waals surface area contributed by atoms with Gasteiger partial charge in [-0.05, 0) is 56.5 Å². The average molecular weight is 528 g/mol. The number of fused-ring (bicyclic) bond motifs is 1. The first-order valence-corrected chi connectivity index (χ1v) is 12.7. The summed E-state index contributed by atoms with van der Waals surface area (Å²) >= 11 is 0. The molecule has 0 aliphatic rings. The molecule has 194 valence electrons. The van der Waals surface area contributed by atoms with Crippen LogP contribution in [0.15, 0.2) is 36.7 Å². The maximum absolute atomic E-state index is 14.0. The number of carbonyl (C=O) groups is 1. The second kappa shape index (κ2) is 10.2. The number of hydrogen-bond donors (Lipinski definition) is 3. The van der Waals surface area contributed by atoms with Gasteiger partial charge in [0.15, 0.2) is 6.10 Å². The van der Waals surface area contributed by atoms with Crippen LogP contribution in [0.5, 0.6) is 5.75 Å². The molecule has 0 radical (unpaired) electrons. The molecule has 2 aromatic carbocycles. The zero-order valence-corrected chi connectivity index (χ0v) is 20.7. The lowest BCUT2D eigenvalue weighted by atomic mass is 10.1. The van der Waals surface area contributed by atoms with E-state index in [2.05, 4.69) is 25.9 Å². The van der Waals surface area contributed by atoms with Crippen molar-refractivity contribution in [3.05, 3.63) is 48.0 Å². The van der Waals surface area contributed by atoms with Crippen molar-refractivity contribution >= 4 is 49.6 Å². The fourth-order valence-corrected chi connectivity index (χ4v) is 3.89. The first kappa shape index (κ1) is 27.0. The number of halogens is 4. The van der Waals surface area contributed by atoms with E-state index in [1.165, 1.54) is 25.6 Å². The molecule has 0 saturated heterocycles. The monoisotopic (exact) mass is 527 g/mol. The molecule has 36 heavy (non-hydrogen) atoms. The highest BCUT2D eigenvalue weighted by Gasteiger charge is 2.38. The molecule has 0 saturated carbocycles. The summed E-state index contributed by atoms with van der Waals surface area (Å²) in [5, 5.41) is 5.45. The Morgan fingerprint density at radius 1 is 1.17 bits per heavy atom. The first-order chi connectivity index (χ1) is 16.6. The van der Waals surface area contributed by atoms with Gasteiger partial charge in [-0.2, -0.15) is 13.2 Å². The molecular weight excluding hydrogens is 502 g/mol. The van der Waals surface area contributed by atoms with E-state index in [1.807, 2.05) is 5.32 Å². The number of nitrogens with zero attached hydrogens (tertiary/aromatic N) is 2. The molecule has 0 fully saturated rings. The highest BCUT2D eigenvalue weighted by molar-refractivity contribution is 8.00. The van der Waals surface area contributed by atoms with Crippen LogP contribution < -0.4 is 20.1 Å². The third kappa shape index (κ3) is 6.74. The van der Waals surface area contributed by atoms with Gasteiger partial charge in [-0.3, -0.25) is 4.79 Å². The van der Waals surface area contributed by atoms with Crippen LogP contribution in [0.2, 0.25) is 0 Å². The van der Waals surface area contributed by atoms with Crippen molar-refractivity contribution in [3.8, 4) is 5.75 Å². The summed E-state index contributed by atoms with van der Waals surface area (Å²) in [4.78, 5) is 20.7. The number of benzene rings is 2. The Hall–Kier alpha value is -3.61. The molecule has 8 nitrogen and oxygen atoms in total. The van der Waals surface area contributed by atoms with Crippen LogP contribution >= 0.6 is 0 Å².